The normalized spacial score (nSPS) is 16.8. The van der Waals surface area contributed by atoms with Crippen molar-refractivity contribution < 1.29 is 36.4 Å². The predicted molar refractivity (Wildman–Crippen MR) is 147 cm³/mol. The van der Waals surface area contributed by atoms with E-state index in [1.807, 2.05) is 36.4 Å². The summed E-state index contributed by atoms with van der Waals surface area (Å²) in [5.41, 5.74) is 3.03. The number of alkyl carbamates (subject to hydrolysis) is 1. The molecule has 1 aliphatic heterocycles. The van der Waals surface area contributed by atoms with E-state index in [0.717, 1.165) is 31.1 Å². The summed E-state index contributed by atoms with van der Waals surface area (Å²) in [5.74, 6) is -1.56. The van der Waals surface area contributed by atoms with Crippen LogP contribution in [0.1, 0.15) is 5.56 Å². The Morgan fingerprint density at radius 3 is 2.30 bits per heavy atom. The van der Waals surface area contributed by atoms with Gasteiger partial charge in [0.2, 0.25) is 10.0 Å². The first-order valence-corrected chi connectivity index (χ1v) is 16.0. The van der Waals surface area contributed by atoms with Crippen molar-refractivity contribution in [3.8, 4) is 10.4 Å². The third-order valence-corrected chi connectivity index (χ3v) is 11.5. The summed E-state index contributed by atoms with van der Waals surface area (Å²) in [6.45, 7) is -1.28. The first kappa shape index (κ1) is 29.6. The molecule has 40 heavy (non-hydrogen) atoms. The molecule has 1 aliphatic rings. The molecule has 0 bridgehead atoms. The van der Waals surface area contributed by atoms with E-state index >= 15 is 0 Å². The van der Waals surface area contributed by atoms with Gasteiger partial charge in [-0.3, -0.25) is 10.0 Å². The van der Waals surface area contributed by atoms with Gasteiger partial charge in [0.1, 0.15) is 16.9 Å². The number of nitrogens with one attached hydrogen (secondary N) is 2. The number of carbonyl (C=O) groups excluding carboxylic acids is 2. The van der Waals surface area contributed by atoms with Gasteiger partial charge in [0.15, 0.2) is 0 Å². The highest BCUT2D eigenvalue weighted by Gasteiger charge is 2.43. The smallest absolute Gasteiger partial charge is 0.407 e. The van der Waals surface area contributed by atoms with Crippen molar-refractivity contribution in [3.63, 3.8) is 0 Å². The number of piperazine rings is 1. The molecule has 1 atom stereocenters. The second-order valence-electron chi connectivity index (χ2n) is 8.75. The van der Waals surface area contributed by atoms with E-state index < -0.39 is 50.4 Å². The molecule has 0 saturated carbocycles. The van der Waals surface area contributed by atoms with Crippen LogP contribution in [-0.4, -0.2) is 80.6 Å². The number of hydrogen-bond donors (Lipinski definition) is 3. The SMILES string of the molecule is O=C(NCCS(=O)(=O)N1CCN(S(=O)(=O)c2ccc(-c3ccccc3)s2)[C@@H](C(=O)NO)C1)OCc1ccccc1. The number of sulfonamides is 2. The Hall–Kier alpha value is -3.34. The molecule has 3 aromatic rings. The summed E-state index contributed by atoms with van der Waals surface area (Å²) in [4.78, 5) is 25.1. The third kappa shape index (κ3) is 7.04. The first-order chi connectivity index (χ1) is 19.1. The Balaban J connectivity index is 1.39. The highest BCUT2D eigenvalue weighted by Crippen LogP contribution is 2.33. The molecule has 1 fully saturated rings. The number of ether oxygens (including phenoxy) is 1. The zero-order valence-electron chi connectivity index (χ0n) is 21.2. The number of carbonyl (C=O) groups is 2. The first-order valence-electron chi connectivity index (χ1n) is 12.2. The van der Waals surface area contributed by atoms with Crippen LogP contribution in [0.5, 0.6) is 0 Å². The maximum atomic E-state index is 13.5. The van der Waals surface area contributed by atoms with Crippen LogP contribution in [0, 0.1) is 0 Å². The standard InChI is InChI=1S/C25H28N4O8S3/c30-24(27-32)21-17-28(39(33,34)16-13-26-25(31)37-18-19-7-3-1-4-8-19)14-15-29(21)40(35,36)23-12-11-22(38-23)20-9-5-2-6-10-20/h1-12,21,32H,13-18H2,(H,26,31)(H,27,30)/t21-/m1/s1. The monoisotopic (exact) mass is 608 g/mol. The van der Waals surface area contributed by atoms with Crippen LogP contribution in [0.25, 0.3) is 10.4 Å². The maximum absolute atomic E-state index is 13.5. The topological polar surface area (TPSA) is 162 Å². The minimum absolute atomic E-state index is 0.0170. The molecular formula is C25H28N4O8S3. The zero-order valence-corrected chi connectivity index (χ0v) is 23.6. The Morgan fingerprint density at radius 1 is 0.950 bits per heavy atom. The van der Waals surface area contributed by atoms with E-state index in [0.29, 0.717) is 4.88 Å². The van der Waals surface area contributed by atoms with E-state index in [4.69, 9.17) is 4.74 Å². The van der Waals surface area contributed by atoms with E-state index in [-0.39, 0.29) is 30.5 Å². The Labute approximate surface area is 236 Å². The summed E-state index contributed by atoms with van der Waals surface area (Å²) < 4.78 is 59.8. The number of thiophene rings is 1. The summed E-state index contributed by atoms with van der Waals surface area (Å²) >= 11 is 1.02. The summed E-state index contributed by atoms with van der Waals surface area (Å²) in [5, 5.41) is 11.6. The summed E-state index contributed by atoms with van der Waals surface area (Å²) in [6.07, 6.45) is -0.793. The van der Waals surface area contributed by atoms with Gasteiger partial charge in [-0.05, 0) is 23.3 Å². The van der Waals surface area contributed by atoms with E-state index in [1.165, 1.54) is 11.5 Å². The molecule has 15 heteroatoms. The number of hydroxylamine groups is 1. The average molecular weight is 609 g/mol. The molecule has 0 spiro atoms. The van der Waals surface area contributed by atoms with Crippen LogP contribution in [0.2, 0.25) is 0 Å². The van der Waals surface area contributed by atoms with Gasteiger partial charge in [0.25, 0.3) is 15.9 Å². The van der Waals surface area contributed by atoms with E-state index in [1.54, 1.807) is 30.3 Å². The van der Waals surface area contributed by atoms with Crippen LogP contribution >= 0.6 is 11.3 Å². The predicted octanol–water partition coefficient (Wildman–Crippen LogP) is 1.85. The molecular weight excluding hydrogens is 580 g/mol. The van der Waals surface area contributed by atoms with Gasteiger partial charge in [0, 0.05) is 31.1 Å². The highest BCUT2D eigenvalue weighted by molar-refractivity contribution is 7.91. The fourth-order valence-electron chi connectivity index (χ4n) is 4.09. The minimum Gasteiger partial charge on any atom is -0.445 e. The molecule has 0 aliphatic carbocycles. The van der Waals surface area contributed by atoms with Crippen LogP contribution < -0.4 is 10.8 Å². The Morgan fingerprint density at radius 2 is 1.62 bits per heavy atom. The summed E-state index contributed by atoms with van der Waals surface area (Å²) in [7, 11) is -8.20. The summed E-state index contributed by atoms with van der Waals surface area (Å²) in [6, 6.07) is 19.7. The van der Waals surface area contributed by atoms with Crippen molar-refractivity contribution in [3.05, 3.63) is 78.4 Å². The molecule has 2 aromatic carbocycles. The number of amides is 2. The largest absolute Gasteiger partial charge is 0.445 e. The fourth-order valence-corrected chi connectivity index (χ4v) is 8.44. The van der Waals surface area contributed by atoms with Crippen molar-refractivity contribution >= 4 is 43.4 Å². The van der Waals surface area contributed by atoms with Gasteiger partial charge in [0.05, 0.1) is 5.75 Å². The Bertz CT molecular complexity index is 1530. The van der Waals surface area contributed by atoms with Crippen molar-refractivity contribution in [1.82, 2.24) is 19.4 Å². The van der Waals surface area contributed by atoms with Crippen molar-refractivity contribution in [2.45, 2.75) is 16.9 Å². The molecule has 0 unspecified atom stereocenters. The van der Waals surface area contributed by atoms with Crippen molar-refractivity contribution in [1.29, 1.82) is 0 Å². The lowest BCUT2D eigenvalue weighted by Gasteiger charge is -2.38. The van der Waals surface area contributed by atoms with Gasteiger partial charge in [-0.25, -0.2) is 27.1 Å². The minimum atomic E-state index is -4.19. The van der Waals surface area contributed by atoms with E-state index in [9.17, 15) is 31.6 Å². The van der Waals surface area contributed by atoms with Crippen LogP contribution in [0.15, 0.2) is 77.0 Å². The third-order valence-electron chi connectivity index (χ3n) is 6.14. The average Bonchev–Trinajstić information content (AvgIpc) is 3.48. The van der Waals surface area contributed by atoms with Crippen molar-refractivity contribution in [2.24, 2.45) is 0 Å². The number of hydrogen-bond acceptors (Lipinski definition) is 9. The van der Waals surface area contributed by atoms with Crippen LogP contribution in [0.3, 0.4) is 0 Å². The highest BCUT2D eigenvalue weighted by atomic mass is 32.2. The number of nitrogens with zero attached hydrogens (tertiary/aromatic N) is 2. The van der Waals surface area contributed by atoms with Gasteiger partial charge in [-0.15, -0.1) is 11.3 Å². The number of benzene rings is 2. The molecule has 12 nitrogen and oxygen atoms in total. The quantitative estimate of drug-likeness (QED) is 0.232. The molecule has 1 aromatic heterocycles. The Kier molecular flexibility index (Phi) is 9.55. The molecule has 214 valence electrons. The lowest BCUT2D eigenvalue weighted by atomic mass is 10.2. The van der Waals surface area contributed by atoms with Gasteiger partial charge in [-0.1, -0.05) is 60.7 Å². The molecule has 2 heterocycles. The van der Waals surface area contributed by atoms with E-state index in [2.05, 4.69) is 5.32 Å². The lowest BCUT2D eigenvalue weighted by molar-refractivity contribution is -0.134. The van der Waals surface area contributed by atoms with Gasteiger partial charge < -0.3 is 10.1 Å². The van der Waals surface area contributed by atoms with Gasteiger partial charge in [-0.2, -0.15) is 8.61 Å². The van der Waals surface area contributed by atoms with Crippen LogP contribution in [0.4, 0.5) is 4.79 Å². The lowest BCUT2D eigenvalue weighted by Crippen LogP contribution is -2.61. The second kappa shape index (κ2) is 12.9. The van der Waals surface area contributed by atoms with Crippen molar-refractivity contribution in [2.75, 3.05) is 31.9 Å². The van der Waals surface area contributed by atoms with Gasteiger partial charge >= 0.3 is 6.09 Å². The van der Waals surface area contributed by atoms with Crippen LogP contribution in [-0.2, 0) is 36.2 Å². The molecule has 3 N–H and O–H groups in total. The molecule has 0 radical (unpaired) electrons. The molecule has 1 saturated heterocycles. The number of rotatable bonds is 10. The zero-order chi connectivity index (χ0) is 28.8. The maximum Gasteiger partial charge on any atom is 0.407 e. The molecule has 2 amide bonds. The fraction of sp³-hybridized carbons (Fsp3) is 0.280. The molecule has 4 rings (SSSR count). The second-order valence-corrected chi connectivity index (χ2v) is 14.0.